The zero-order valence-corrected chi connectivity index (χ0v) is 13.2. The highest BCUT2D eigenvalue weighted by molar-refractivity contribution is 5.42. The Morgan fingerprint density at radius 2 is 1.85 bits per heavy atom. The third kappa shape index (κ3) is 3.10. The fourth-order valence-corrected chi connectivity index (χ4v) is 2.88. The minimum atomic E-state index is 0.178. The Hall–Kier alpha value is -1.61. The molecule has 0 aliphatic heterocycles. The van der Waals surface area contributed by atoms with E-state index in [0.717, 1.165) is 18.7 Å². The third-order valence-corrected chi connectivity index (χ3v) is 3.66. The van der Waals surface area contributed by atoms with Crippen LogP contribution in [0.25, 0.3) is 0 Å². The van der Waals surface area contributed by atoms with Crippen LogP contribution < -0.4 is 5.32 Å². The standard InChI is InChI=1S/C17H25N3/c1-6-8-18-17(15-7-9-20(5)19-15)16-13(3)10-12(2)11-14(16)4/h7,9-11,17-18H,6,8H2,1-5H3. The SMILES string of the molecule is CCCNC(c1ccn(C)n1)c1c(C)cc(C)cc1C. The van der Waals surface area contributed by atoms with E-state index in [1.54, 1.807) is 0 Å². The quantitative estimate of drug-likeness (QED) is 0.903. The molecule has 3 nitrogen and oxygen atoms in total. The van der Waals surface area contributed by atoms with Crippen molar-refractivity contribution in [2.75, 3.05) is 6.54 Å². The number of benzene rings is 1. The van der Waals surface area contributed by atoms with Crippen LogP contribution in [-0.4, -0.2) is 16.3 Å². The van der Waals surface area contributed by atoms with Crippen LogP contribution in [0.15, 0.2) is 24.4 Å². The van der Waals surface area contributed by atoms with Gasteiger partial charge < -0.3 is 5.32 Å². The van der Waals surface area contributed by atoms with Crippen LogP contribution in [0.5, 0.6) is 0 Å². The Kier molecular flexibility index (Phi) is 4.61. The van der Waals surface area contributed by atoms with Crippen LogP contribution in [0.4, 0.5) is 0 Å². The molecule has 0 fully saturated rings. The lowest BCUT2D eigenvalue weighted by molar-refractivity contribution is 0.571. The van der Waals surface area contributed by atoms with Crippen molar-refractivity contribution in [1.29, 1.82) is 0 Å². The molecular formula is C17H25N3. The number of nitrogens with one attached hydrogen (secondary N) is 1. The van der Waals surface area contributed by atoms with Gasteiger partial charge >= 0.3 is 0 Å². The van der Waals surface area contributed by atoms with Crippen molar-refractivity contribution >= 4 is 0 Å². The second kappa shape index (κ2) is 6.23. The van der Waals surface area contributed by atoms with Gasteiger partial charge in [0.2, 0.25) is 0 Å². The van der Waals surface area contributed by atoms with Crippen molar-refractivity contribution in [3.05, 3.63) is 52.3 Å². The van der Waals surface area contributed by atoms with Gasteiger partial charge in [-0.2, -0.15) is 5.10 Å². The maximum Gasteiger partial charge on any atom is 0.0839 e. The van der Waals surface area contributed by atoms with Crippen LogP contribution in [0.1, 0.15) is 47.3 Å². The van der Waals surface area contributed by atoms with Crippen molar-refractivity contribution in [3.63, 3.8) is 0 Å². The summed E-state index contributed by atoms with van der Waals surface area (Å²) in [6.07, 6.45) is 3.13. The van der Waals surface area contributed by atoms with E-state index >= 15 is 0 Å². The van der Waals surface area contributed by atoms with Gasteiger partial charge in [-0.3, -0.25) is 4.68 Å². The van der Waals surface area contributed by atoms with Crippen LogP contribution >= 0.6 is 0 Å². The summed E-state index contributed by atoms with van der Waals surface area (Å²) < 4.78 is 1.87. The van der Waals surface area contributed by atoms with E-state index in [0.29, 0.717) is 0 Å². The molecule has 1 aromatic heterocycles. The van der Waals surface area contributed by atoms with Gasteiger partial charge in [0.05, 0.1) is 11.7 Å². The highest BCUT2D eigenvalue weighted by atomic mass is 15.3. The van der Waals surface area contributed by atoms with E-state index in [9.17, 15) is 0 Å². The summed E-state index contributed by atoms with van der Waals surface area (Å²) >= 11 is 0. The molecule has 0 spiro atoms. The second-order valence-corrected chi connectivity index (χ2v) is 5.61. The van der Waals surface area contributed by atoms with Gasteiger partial charge in [0.25, 0.3) is 0 Å². The Morgan fingerprint density at radius 3 is 2.35 bits per heavy atom. The molecule has 0 saturated carbocycles. The molecule has 1 unspecified atom stereocenters. The van der Waals surface area contributed by atoms with Gasteiger partial charge in [0, 0.05) is 13.2 Å². The fourth-order valence-electron chi connectivity index (χ4n) is 2.88. The van der Waals surface area contributed by atoms with Gasteiger partial charge in [0.15, 0.2) is 0 Å². The fraction of sp³-hybridized carbons (Fsp3) is 0.471. The van der Waals surface area contributed by atoms with Gasteiger partial charge in [-0.25, -0.2) is 0 Å². The van der Waals surface area contributed by atoms with Gasteiger partial charge in [-0.05, 0) is 56.5 Å². The first-order valence-corrected chi connectivity index (χ1v) is 7.33. The first-order valence-electron chi connectivity index (χ1n) is 7.33. The maximum atomic E-state index is 4.60. The number of hydrogen-bond donors (Lipinski definition) is 1. The zero-order valence-electron chi connectivity index (χ0n) is 13.2. The van der Waals surface area contributed by atoms with E-state index in [4.69, 9.17) is 0 Å². The molecule has 1 heterocycles. The maximum absolute atomic E-state index is 4.60. The molecule has 1 aromatic carbocycles. The number of aryl methyl sites for hydroxylation is 4. The Labute approximate surface area is 122 Å². The minimum absolute atomic E-state index is 0.178. The van der Waals surface area contributed by atoms with Crippen LogP contribution in [0.3, 0.4) is 0 Å². The molecular weight excluding hydrogens is 246 g/mol. The van der Waals surface area contributed by atoms with Gasteiger partial charge in [-0.15, -0.1) is 0 Å². The molecule has 1 N–H and O–H groups in total. The lowest BCUT2D eigenvalue weighted by Crippen LogP contribution is -2.25. The van der Waals surface area contributed by atoms with E-state index < -0.39 is 0 Å². The summed E-state index contributed by atoms with van der Waals surface area (Å²) in [5.74, 6) is 0. The second-order valence-electron chi connectivity index (χ2n) is 5.61. The summed E-state index contributed by atoms with van der Waals surface area (Å²) in [7, 11) is 1.97. The number of rotatable bonds is 5. The molecule has 3 heteroatoms. The van der Waals surface area contributed by atoms with Crippen molar-refractivity contribution < 1.29 is 0 Å². The van der Waals surface area contributed by atoms with Gasteiger partial charge in [0.1, 0.15) is 0 Å². The topological polar surface area (TPSA) is 29.9 Å². The summed E-state index contributed by atoms with van der Waals surface area (Å²) in [5, 5.41) is 8.24. The molecule has 0 saturated heterocycles. The predicted octanol–water partition coefficient (Wildman–Crippen LogP) is 3.43. The molecule has 0 bridgehead atoms. The van der Waals surface area contributed by atoms with Gasteiger partial charge in [-0.1, -0.05) is 24.6 Å². The summed E-state index contributed by atoms with van der Waals surface area (Å²) in [6, 6.07) is 6.79. The van der Waals surface area contributed by atoms with E-state index in [1.165, 1.54) is 22.3 Å². The predicted molar refractivity (Wildman–Crippen MR) is 84.0 cm³/mol. The summed E-state index contributed by atoms with van der Waals surface area (Å²) in [6.45, 7) is 9.72. The number of nitrogens with zero attached hydrogens (tertiary/aromatic N) is 2. The third-order valence-electron chi connectivity index (χ3n) is 3.66. The van der Waals surface area contributed by atoms with Crippen molar-refractivity contribution in [2.24, 2.45) is 7.05 Å². The smallest absolute Gasteiger partial charge is 0.0839 e. The first-order chi connectivity index (χ1) is 9.52. The highest BCUT2D eigenvalue weighted by Gasteiger charge is 2.20. The first kappa shape index (κ1) is 14.8. The molecule has 1 atom stereocenters. The molecule has 2 rings (SSSR count). The van der Waals surface area contributed by atoms with Crippen LogP contribution in [0.2, 0.25) is 0 Å². The Bertz CT molecular complexity index is 561. The largest absolute Gasteiger partial charge is 0.305 e. The van der Waals surface area contributed by atoms with E-state index in [-0.39, 0.29) is 6.04 Å². The number of hydrogen-bond acceptors (Lipinski definition) is 2. The van der Waals surface area contributed by atoms with Crippen molar-refractivity contribution in [1.82, 2.24) is 15.1 Å². The molecule has 0 aliphatic carbocycles. The van der Waals surface area contributed by atoms with Crippen molar-refractivity contribution in [3.8, 4) is 0 Å². The summed E-state index contributed by atoms with van der Waals surface area (Å²) in [5.41, 5.74) is 6.45. The molecule has 0 radical (unpaired) electrons. The van der Waals surface area contributed by atoms with Crippen molar-refractivity contribution in [2.45, 2.75) is 40.2 Å². The highest BCUT2D eigenvalue weighted by Crippen LogP contribution is 2.28. The van der Waals surface area contributed by atoms with E-state index in [2.05, 4.69) is 56.3 Å². The molecule has 2 aromatic rings. The van der Waals surface area contributed by atoms with E-state index in [1.807, 2.05) is 17.9 Å². The minimum Gasteiger partial charge on any atom is -0.305 e. The molecule has 20 heavy (non-hydrogen) atoms. The average Bonchev–Trinajstić information content (AvgIpc) is 2.78. The summed E-state index contributed by atoms with van der Waals surface area (Å²) in [4.78, 5) is 0. The molecule has 0 amide bonds. The normalized spacial score (nSPS) is 12.7. The number of aromatic nitrogens is 2. The monoisotopic (exact) mass is 271 g/mol. The average molecular weight is 271 g/mol. The lowest BCUT2D eigenvalue weighted by Gasteiger charge is -2.22. The van der Waals surface area contributed by atoms with Crippen LogP contribution in [-0.2, 0) is 7.05 Å². The Morgan fingerprint density at radius 1 is 1.20 bits per heavy atom. The van der Waals surface area contributed by atoms with Crippen LogP contribution in [0, 0.1) is 20.8 Å². The zero-order chi connectivity index (χ0) is 14.7. The molecule has 108 valence electrons. The Balaban J connectivity index is 2.46. The lowest BCUT2D eigenvalue weighted by atomic mass is 9.92. The molecule has 0 aliphatic rings.